The highest BCUT2D eigenvalue weighted by atomic mass is 35.5. The Morgan fingerprint density at radius 2 is 1.79 bits per heavy atom. The molecule has 0 aliphatic rings. The fraction of sp³-hybridized carbons (Fsp3) is 0.278. The Labute approximate surface area is 166 Å². The fourth-order valence-corrected chi connectivity index (χ4v) is 3.52. The van der Waals surface area contributed by atoms with Gasteiger partial charge >= 0.3 is 6.18 Å². The van der Waals surface area contributed by atoms with Gasteiger partial charge < -0.3 is 5.32 Å². The van der Waals surface area contributed by atoms with Gasteiger partial charge in [0.25, 0.3) is 5.91 Å². The Hall–Kier alpha value is -2.10. The van der Waals surface area contributed by atoms with Crippen molar-refractivity contribution in [3.63, 3.8) is 0 Å². The highest BCUT2D eigenvalue weighted by molar-refractivity contribution is 7.89. The molecule has 0 saturated heterocycles. The SMILES string of the molecule is CC(NC(=O)c1cc(S(=O)(=O)N(C)C)ccc1Cl)c1cccc(C(F)(F)F)c1. The first-order chi connectivity index (χ1) is 12.8. The minimum atomic E-state index is -4.50. The van der Waals surface area contributed by atoms with Gasteiger partial charge in [0.05, 0.1) is 27.1 Å². The van der Waals surface area contributed by atoms with Crippen LogP contribution in [0, 0.1) is 0 Å². The number of sulfonamides is 1. The largest absolute Gasteiger partial charge is 0.416 e. The number of hydrogen-bond acceptors (Lipinski definition) is 3. The third-order valence-corrected chi connectivity index (χ3v) is 6.16. The molecule has 0 aliphatic heterocycles. The van der Waals surface area contributed by atoms with Crippen molar-refractivity contribution in [2.75, 3.05) is 14.1 Å². The Kier molecular flexibility index (Phi) is 6.42. The summed E-state index contributed by atoms with van der Waals surface area (Å²) in [6.45, 7) is 1.52. The molecule has 0 aromatic heterocycles. The maximum Gasteiger partial charge on any atom is 0.416 e. The summed E-state index contributed by atoms with van der Waals surface area (Å²) >= 11 is 6.02. The number of amides is 1. The van der Waals surface area contributed by atoms with Crippen molar-refractivity contribution in [1.82, 2.24) is 9.62 Å². The van der Waals surface area contributed by atoms with E-state index in [-0.39, 0.29) is 21.0 Å². The van der Waals surface area contributed by atoms with Gasteiger partial charge in [-0.25, -0.2) is 12.7 Å². The third kappa shape index (κ3) is 4.84. The van der Waals surface area contributed by atoms with Crippen molar-refractivity contribution in [2.45, 2.75) is 24.0 Å². The molecular formula is C18H18ClF3N2O3S. The van der Waals surface area contributed by atoms with E-state index in [0.717, 1.165) is 22.5 Å². The van der Waals surface area contributed by atoms with Gasteiger partial charge in [-0.05, 0) is 42.8 Å². The first-order valence-corrected chi connectivity index (χ1v) is 9.86. The molecule has 152 valence electrons. The second kappa shape index (κ2) is 8.10. The lowest BCUT2D eigenvalue weighted by Crippen LogP contribution is -2.28. The molecule has 5 nitrogen and oxygen atoms in total. The normalized spacial score (nSPS) is 13.4. The maximum atomic E-state index is 12.9. The third-order valence-electron chi connectivity index (χ3n) is 4.02. The van der Waals surface area contributed by atoms with Gasteiger partial charge in [-0.3, -0.25) is 4.79 Å². The number of halogens is 4. The highest BCUT2D eigenvalue weighted by Gasteiger charge is 2.31. The van der Waals surface area contributed by atoms with Crippen molar-refractivity contribution >= 4 is 27.5 Å². The van der Waals surface area contributed by atoms with Crippen LogP contribution < -0.4 is 5.32 Å². The summed E-state index contributed by atoms with van der Waals surface area (Å²) in [4.78, 5) is 12.4. The summed E-state index contributed by atoms with van der Waals surface area (Å²) in [7, 11) is -1.09. The van der Waals surface area contributed by atoms with E-state index < -0.39 is 33.7 Å². The number of carbonyl (C=O) groups excluding carboxylic acids is 1. The van der Waals surface area contributed by atoms with E-state index in [2.05, 4.69) is 5.32 Å². The van der Waals surface area contributed by atoms with Crippen molar-refractivity contribution in [3.8, 4) is 0 Å². The van der Waals surface area contributed by atoms with E-state index in [1.54, 1.807) is 0 Å². The molecule has 2 aromatic carbocycles. The van der Waals surface area contributed by atoms with E-state index in [4.69, 9.17) is 11.6 Å². The van der Waals surface area contributed by atoms with Crippen molar-refractivity contribution in [2.24, 2.45) is 0 Å². The highest BCUT2D eigenvalue weighted by Crippen LogP contribution is 2.31. The van der Waals surface area contributed by atoms with Crippen LogP contribution in [0.15, 0.2) is 47.4 Å². The Morgan fingerprint density at radius 3 is 2.36 bits per heavy atom. The van der Waals surface area contributed by atoms with E-state index in [1.165, 1.54) is 45.3 Å². The zero-order chi connectivity index (χ0) is 21.3. The van der Waals surface area contributed by atoms with Crippen molar-refractivity contribution < 1.29 is 26.4 Å². The molecule has 0 heterocycles. The van der Waals surface area contributed by atoms with E-state index in [1.807, 2.05) is 0 Å². The minimum absolute atomic E-state index is 0.0199. The molecule has 2 aromatic rings. The van der Waals surface area contributed by atoms with Gasteiger partial charge in [-0.1, -0.05) is 23.7 Å². The first kappa shape index (κ1) is 22.2. The average molecular weight is 435 g/mol. The van der Waals surface area contributed by atoms with E-state index in [0.29, 0.717) is 0 Å². The first-order valence-electron chi connectivity index (χ1n) is 8.04. The lowest BCUT2D eigenvalue weighted by Gasteiger charge is -2.17. The molecule has 0 bridgehead atoms. The zero-order valence-electron chi connectivity index (χ0n) is 15.2. The van der Waals surface area contributed by atoms with Gasteiger partial charge in [0, 0.05) is 14.1 Å². The number of hydrogen-bond donors (Lipinski definition) is 1. The van der Waals surface area contributed by atoms with Gasteiger partial charge in [0.1, 0.15) is 0 Å². The second-order valence-corrected chi connectivity index (χ2v) is 8.81. The molecule has 10 heteroatoms. The molecule has 0 spiro atoms. The molecule has 0 saturated carbocycles. The fourth-order valence-electron chi connectivity index (χ4n) is 2.39. The number of carbonyl (C=O) groups is 1. The molecule has 1 unspecified atom stereocenters. The maximum absolute atomic E-state index is 12.9. The van der Waals surface area contributed by atoms with Crippen molar-refractivity contribution in [1.29, 1.82) is 0 Å². The zero-order valence-corrected chi connectivity index (χ0v) is 16.8. The lowest BCUT2D eigenvalue weighted by molar-refractivity contribution is -0.137. The molecule has 1 atom stereocenters. The van der Waals surface area contributed by atoms with E-state index in [9.17, 15) is 26.4 Å². The van der Waals surface area contributed by atoms with Gasteiger partial charge in [-0.15, -0.1) is 0 Å². The van der Waals surface area contributed by atoms with Crippen LogP contribution in [0.1, 0.15) is 34.5 Å². The topological polar surface area (TPSA) is 66.5 Å². The molecule has 28 heavy (non-hydrogen) atoms. The number of benzene rings is 2. The van der Waals surface area contributed by atoms with Crippen molar-refractivity contribution in [3.05, 3.63) is 64.2 Å². The predicted octanol–water partition coefficient (Wildman–Crippen LogP) is 4.10. The summed E-state index contributed by atoms with van der Waals surface area (Å²) in [5, 5.41) is 2.56. The summed E-state index contributed by atoms with van der Waals surface area (Å²) < 4.78 is 64.1. The summed E-state index contributed by atoms with van der Waals surface area (Å²) in [5.74, 6) is -0.703. The van der Waals surface area contributed by atoms with Crippen LogP contribution in [0.4, 0.5) is 13.2 Å². The molecule has 0 aliphatic carbocycles. The molecule has 1 amide bonds. The van der Waals surface area contributed by atoms with Crippen LogP contribution in [-0.2, 0) is 16.2 Å². The standard InChI is InChI=1S/C18H18ClF3N2O3S/c1-11(12-5-4-6-13(9-12)18(20,21)22)23-17(25)15-10-14(7-8-16(15)19)28(26,27)24(2)3/h4-11H,1-3H3,(H,23,25). The summed E-state index contributed by atoms with van der Waals surface area (Å²) in [6.07, 6.45) is -4.50. The Bertz CT molecular complexity index is 992. The molecule has 1 N–H and O–H groups in total. The van der Waals surface area contributed by atoms with Gasteiger partial charge in [-0.2, -0.15) is 13.2 Å². The quantitative estimate of drug-likeness (QED) is 0.770. The molecular weight excluding hydrogens is 417 g/mol. The Morgan fingerprint density at radius 1 is 1.14 bits per heavy atom. The summed E-state index contributed by atoms with van der Waals surface area (Å²) in [6, 6.07) is 7.50. The predicted molar refractivity (Wildman–Crippen MR) is 99.7 cm³/mol. The minimum Gasteiger partial charge on any atom is -0.345 e. The van der Waals surface area contributed by atoms with Crippen LogP contribution >= 0.6 is 11.6 Å². The van der Waals surface area contributed by atoms with Crippen LogP contribution in [-0.4, -0.2) is 32.7 Å². The number of rotatable bonds is 5. The smallest absolute Gasteiger partial charge is 0.345 e. The lowest BCUT2D eigenvalue weighted by atomic mass is 10.0. The summed E-state index contributed by atoms with van der Waals surface area (Å²) in [5.41, 5.74) is -0.678. The average Bonchev–Trinajstić information content (AvgIpc) is 2.61. The number of nitrogens with one attached hydrogen (secondary N) is 1. The van der Waals surface area contributed by atoms with E-state index >= 15 is 0 Å². The number of alkyl halides is 3. The van der Waals surface area contributed by atoms with Crippen LogP contribution in [0.5, 0.6) is 0 Å². The second-order valence-electron chi connectivity index (χ2n) is 6.25. The monoisotopic (exact) mass is 434 g/mol. The molecule has 0 fully saturated rings. The van der Waals surface area contributed by atoms with Gasteiger partial charge in [0.2, 0.25) is 10.0 Å². The van der Waals surface area contributed by atoms with Crippen LogP contribution in [0.25, 0.3) is 0 Å². The van der Waals surface area contributed by atoms with Gasteiger partial charge in [0.15, 0.2) is 0 Å². The molecule has 2 rings (SSSR count). The molecule has 0 radical (unpaired) electrons. The van der Waals surface area contributed by atoms with Crippen LogP contribution in [0.2, 0.25) is 5.02 Å². The Balaban J connectivity index is 2.30. The number of nitrogens with zero attached hydrogens (tertiary/aromatic N) is 1. The van der Waals surface area contributed by atoms with Crippen LogP contribution in [0.3, 0.4) is 0 Å².